The molecule has 98 valence electrons. The van der Waals surface area contributed by atoms with Crippen LogP contribution in [0, 0.1) is 6.92 Å². The van der Waals surface area contributed by atoms with Gasteiger partial charge >= 0.3 is 0 Å². The summed E-state index contributed by atoms with van der Waals surface area (Å²) in [4.78, 5) is 0. The van der Waals surface area contributed by atoms with Crippen molar-refractivity contribution in [3.8, 4) is 0 Å². The highest BCUT2D eigenvalue weighted by Crippen LogP contribution is 2.18. The maximum atomic E-state index is 8.64. The van der Waals surface area contributed by atoms with Gasteiger partial charge in [-0.2, -0.15) is 5.10 Å². The molecule has 5 heteroatoms. The molecule has 1 rings (SSSR count). The van der Waals surface area contributed by atoms with Crippen LogP contribution < -0.4 is 5.32 Å². The highest BCUT2D eigenvalue weighted by Gasteiger charge is 2.09. The topological polar surface area (TPSA) is 50.1 Å². The second-order valence-electron chi connectivity index (χ2n) is 4.28. The Morgan fingerprint density at radius 2 is 2.00 bits per heavy atom. The van der Waals surface area contributed by atoms with Crippen molar-refractivity contribution in [1.82, 2.24) is 15.1 Å². The second-order valence-corrected chi connectivity index (χ2v) is 4.66. The van der Waals surface area contributed by atoms with E-state index in [0.717, 1.165) is 55.2 Å². The van der Waals surface area contributed by atoms with E-state index in [1.165, 1.54) is 0 Å². The maximum absolute atomic E-state index is 8.64. The number of nitrogens with zero attached hydrogens (tertiary/aromatic N) is 2. The summed E-state index contributed by atoms with van der Waals surface area (Å²) >= 11 is 6.14. The lowest BCUT2D eigenvalue weighted by molar-refractivity contribution is 0.282. The van der Waals surface area contributed by atoms with Gasteiger partial charge in [-0.3, -0.25) is 4.68 Å². The van der Waals surface area contributed by atoms with Crippen molar-refractivity contribution in [1.29, 1.82) is 0 Å². The Kier molecular flexibility index (Phi) is 6.55. The van der Waals surface area contributed by atoms with Gasteiger partial charge in [0.05, 0.1) is 16.4 Å². The zero-order chi connectivity index (χ0) is 12.7. The molecule has 0 saturated heterocycles. The summed E-state index contributed by atoms with van der Waals surface area (Å²) in [7, 11) is 1.91. The smallest absolute Gasteiger partial charge is 0.0860 e. The quantitative estimate of drug-likeness (QED) is 0.703. The van der Waals surface area contributed by atoms with Gasteiger partial charge in [0.25, 0.3) is 0 Å². The Bertz CT molecular complexity index is 339. The molecule has 2 N–H and O–H groups in total. The van der Waals surface area contributed by atoms with E-state index in [9.17, 15) is 0 Å². The molecule has 0 bridgehead atoms. The zero-order valence-electron chi connectivity index (χ0n) is 10.7. The van der Waals surface area contributed by atoms with E-state index in [1.54, 1.807) is 0 Å². The summed E-state index contributed by atoms with van der Waals surface area (Å²) in [5, 5.41) is 17.0. The third-order valence-corrected chi connectivity index (χ3v) is 3.31. The van der Waals surface area contributed by atoms with Crippen LogP contribution in [0.25, 0.3) is 0 Å². The van der Waals surface area contributed by atoms with Crippen molar-refractivity contribution in [3.63, 3.8) is 0 Å². The summed E-state index contributed by atoms with van der Waals surface area (Å²) in [5.41, 5.74) is 1.92. The van der Waals surface area contributed by atoms with Crippen molar-refractivity contribution < 1.29 is 5.11 Å². The molecule has 0 aliphatic heterocycles. The number of unbranched alkanes of at least 4 members (excludes halogenated alkanes) is 3. The molecule has 0 amide bonds. The normalized spacial score (nSPS) is 11.1. The monoisotopic (exact) mass is 259 g/mol. The molecule has 0 radical (unpaired) electrons. The zero-order valence-corrected chi connectivity index (χ0v) is 11.4. The molecule has 0 saturated carbocycles. The minimum atomic E-state index is 0.303. The number of hydrogen-bond acceptors (Lipinski definition) is 3. The Morgan fingerprint density at radius 3 is 2.59 bits per heavy atom. The van der Waals surface area contributed by atoms with E-state index in [2.05, 4.69) is 10.4 Å². The van der Waals surface area contributed by atoms with Crippen molar-refractivity contribution in [3.05, 3.63) is 16.4 Å². The van der Waals surface area contributed by atoms with Crippen LogP contribution in [-0.2, 0) is 13.6 Å². The fourth-order valence-corrected chi connectivity index (χ4v) is 2.02. The summed E-state index contributed by atoms with van der Waals surface area (Å²) in [6, 6.07) is 0. The average molecular weight is 260 g/mol. The first kappa shape index (κ1) is 14.5. The minimum Gasteiger partial charge on any atom is -0.396 e. The van der Waals surface area contributed by atoms with Crippen LogP contribution in [0.2, 0.25) is 5.02 Å². The van der Waals surface area contributed by atoms with Gasteiger partial charge in [0.2, 0.25) is 0 Å². The summed E-state index contributed by atoms with van der Waals surface area (Å²) in [6.07, 6.45) is 4.30. The second kappa shape index (κ2) is 7.69. The van der Waals surface area contributed by atoms with Crippen LogP contribution in [-0.4, -0.2) is 28.0 Å². The fourth-order valence-electron chi connectivity index (χ4n) is 1.79. The number of hydrogen-bond donors (Lipinski definition) is 2. The predicted molar refractivity (Wildman–Crippen MR) is 70.2 cm³/mol. The first-order chi connectivity index (χ1) is 8.16. The van der Waals surface area contributed by atoms with Gasteiger partial charge in [0.15, 0.2) is 0 Å². The van der Waals surface area contributed by atoms with Crippen molar-refractivity contribution in [2.24, 2.45) is 7.05 Å². The number of aryl methyl sites for hydroxylation is 2. The standard InChI is InChI=1S/C12H22ClN3O/c1-10-12(13)11(16(2)15-10)9-14-7-5-3-4-6-8-17/h14,17H,3-9H2,1-2H3. The van der Waals surface area contributed by atoms with Gasteiger partial charge in [-0.05, 0) is 26.3 Å². The molecule has 0 fully saturated rings. The number of aliphatic hydroxyl groups excluding tert-OH is 1. The van der Waals surface area contributed by atoms with Crippen LogP contribution in [0.3, 0.4) is 0 Å². The van der Waals surface area contributed by atoms with Crippen molar-refractivity contribution in [2.75, 3.05) is 13.2 Å². The largest absolute Gasteiger partial charge is 0.396 e. The molecule has 1 aromatic rings. The first-order valence-corrected chi connectivity index (χ1v) is 6.54. The van der Waals surface area contributed by atoms with Crippen LogP contribution in [0.5, 0.6) is 0 Å². The maximum Gasteiger partial charge on any atom is 0.0860 e. The van der Waals surface area contributed by atoms with Gasteiger partial charge in [-0.1, -0.05) is 24.4 Å². The average Bonchev–Trinajstić information content (AvgIpc) is 2.54. The number of halogens is 1. The number of aliphatic hydroxyl groups is 1. The number of aromatic nitrogens is 2. The SMILES string of the molecule is Cc1nn(C)c(CNCCCCCCO)c1Cl. The molecule has 4 nitrogen and oxygen atoms in total. The summed E-state index contributed by atoms with van der Waals surface area (Å²) in [5.74, 6) is 0. The van der Waals surface area contributed by atoms with Crippen LogP contribution in [0.4, 0.5) is 0 Å². The molecule has 0 aliphatic rings. The van der Waals surface area contributed by atoms with Crippen molar-refractivity contribution >= 4 is 11.6 Å². The molecule has 0 spiro atoms. The van der Waals surface area contributed by atoms with Crippen LogP contribution >= 0.6 is 11.6 Å². The Morgan fingerprint density at radius 1 is 1.29 bits per heavy atom. The molecule has 17 heavy (non-hydrogen) atoms. The van der Waals surface area contributed by atoms with E-state index < -0.39 is 0 Å². The third kappa shape index (κ3) is 4.66. The Balaban J connectivity index is 2.18. The lowest BCUT2D eigenvalue weighted by Crippen LogP contribution is -2.17. The molecular formula is C12H22ClN3O. The van der Waals surface area contributed by atoms with Gasteiger partial charge in [0, 0.05) is 20.2 Å². The molecular weight excluding hydrogens is 238 g/mol. The van der Waals surface area contributed by atoms with E-state index in [1.807, 2.05) is 18.7 Å². The van der Waals surface area contributed by atoms with E-state index >= 15 is 0 Å². The van der Waals surface area contributed by atoms with Crippen LogP contribution in [0.1, 0.15) is 37.1 Å². The van der Waals surface area contributed by atoms with Crippen LogP contribution in [0.15, 0.2) is 0 Å². The number of nitrogens with one attached hydrogen (secondary N) is 1. The Labute approximate surface area is 108 Å². The predicted octanol–water partition coefficient (Wildman–Crippen LogP) is 2.02. The van der Waals surface area contributed by atoms with E-state index in [4.69, 9.17) is 16.7 Å². The van der Waals surface area contributed by atoms with Crippen molar-refractivity contribution in [2.45, 2.75) is 39.2 Å². The number of rotatable bonds is 8. The highest BCUT2D eigenvalue weighted by atomic mass is 35.5. The molecule has 1 heterocycles. The molecule has 0 aliphatic carbocycles. The summed E-state index contributed by atoms with van der Waals surface area (Å²) < 4.78 is 1.83. The lowest BCUT2D eigenvalue weighted by atomic mass is 10.2. The summed E-state index contributed by atoms with van der Waals surface area (Å²) in [6.45, 7) is 3.96. The van der Waals surface area contributed by atoms with E-state index in [0.29, 0.717) is 6.61 Å². The van der Waals surface area contributed by atoms with Gasteiger partial charge in [-0.25, -0.2) is 0 Å². The first-order valence-electron chi connectivity index (χ1n) is 6.16. The molecule has 0 aromatic carbocycles. The molecule has 1 aromatic heterocycles. The lowest BCUT2D eigenvalue weighted by Gasteiger charge is -2.05. The van der Waals surface area contributed by atoms with Gasteiger partial charge in [0.1, 0.15) is 0 Å². The molecule has 0 atom stereocenters. The third-order valence-electron chi connectivity index (χ3n) is 2.82. The highest BCUT2D eigenvalue weighted by molar-refractivity contribution is 6.31. The van der Waals surface area contributed by atoms with Gasteiger partial charge < -0.3 is 10.4 Å². The minimum absolute atomic E-state index is 0.303. The fraction of sp³-hybridized carbons (Fsp3) is 0.750. The molecule has 0 unspecified atom stereocenters. The Hall–Kier alpha value is -0.580. The van der Waals surface area contributed by atoms with Gasteiger partial charge in [-0.15, -0.1) is 0 Å². The van der Waals surface area contributed by atoms with E-state index in [-0.39, 0.29) is 0 Å².